The second-order valence-corrected chi connectivity index (χ2v) is 8.93. The Hall–Kier alpha value is -2.38. The van der Waals surface area contributed by atoms with Gasteiger partial charge in [-0.3, -0.25) is 4.79 Å². The summed E-state index contributed by atoms with van der Waals surface area (Å²) >= 11 is 1.70. The van der Waals surface area contributed by atoms with Crippen LogP contribution >= 0.6 is 11.3 Å². The molecule has 4 rings (SSSR count). The third kappa shape index (κ3) is 3.89. The zero-order valence-electron chi connectivity index (χ0n) is 17.5. The number of nitrogens with one attached hydrogen (secondary N) is 2. The van der Waals surface area contributed by atoms with Gasteiger partial charge in [-0.1, -0.05) is 0 Å². The Morgan fingerprint density at radius 2 is 1.86 bits per heavy atom. The van der Waals surface area contributed by atoms with Crippen molar-refractivity contribution < 1.29 is 14.4 Å². The van der Waals surface area contributed by atoms with E-state index in [9.17, 15) is 4.79 Å². The molecule has 2 N–H and O–H groups in total. The topological polar surface area (TPSA) is 68.7 Å². The molecule has 6 nitrogen and oxygen atoms in total. The van der Waals surface area contributed by atoms with Gasteiger partial charge in [-0.05, 0) is 55.9 Å². The first-order valence-corrected chi connectivity index (χ1v) is 10.9. The zero-order chi connectivity index (χ0) is 20.5. The molecule has 0 bridgehead atoms. The van der Waals surface area contributed by atoms with E-state index in [0.717, 1.165) is 58.9 Å². The number of ether oxygens (including phenoxy) is 2. The van der Waals surface area contributed by atoms with Crippen molar-refractivity contribution in [2.24, 2.45) is 0 Å². The van der Waals surface area contributed by atoms with Crippen molar-refractivity contribution in [1.29, 1.82) is 0 Å². The molecule has 1 aliphatic carbocycles. The number of hydrogen-bond acceptors (Lipinski definition) is 5. The van der Waals surface area contributed by atoms with Crippen molar-refractivity contribution in [3.63, 3.8) is 0 Å². The number of aromatic nitrogens is 2. The zero-order valence-corrected chi connectivity index (χ0v) is 18.3. The summed E-state index contributed by atoms with van der Waals surface area (Å²) in [5.74, 6) is 2.22. The number of H-pyrrole nitrogens is 1. The molecule has 3 aromatic rings. The van der Waals surface area contributed by atoms with Crippen molar-refractivity contribution in [3.05, 3.63) is 49.9 Å². The summed E-state index contributed by atoms with van der Waals surface area (Å²) in [6, 6.07) is 4.04. The first kappa shape index (κ1) is 19.9. The van der Waals surface area contributed by atoms with E-state index in [-0.39, 0.29) is 5.56 Å². The minimum Gasteiger partial charge on any atom is -0.493 e. The van der Waals surface area contributed by atoms with Gasteiger partial charge in [-0.15, -0.1) is 11.3 Å². The summed E-state index contributed by atoms with van der Waals surface area (Å²) in [4.78, 5) is 24.1. The highest BCUT2D eigenvalue weighted by molar-refractivity contribution is 7.18. The Morgan fingerprint density at radius 3 is 2.62 bits per heavy atom. The molecule has 1 aromatic carbocycles. The number of aromatic amines is 1. The fraction of sp³-hybridized carbons (Fsp3) is 0.455. The third-order valence-corrected chi connectivity index (χ3v) is 6.86. The first-order chi connectivity index (χ1) is 14.0. The quantitative estimate of drug-likeness (QED) is 0.650. The van der Waals surface area contributed by atoms with E-state index in [2.05, 4.69) is 19.0 Å². The van der Waals surface area contributed by atoms with Crippen LogP contribution < -0.4 is 19.9 Å². The lowest BCUT2D eigenvalue weighted by molar-refractivity contribution is -0.908. The molecule has 154 valence electrons. The van der Waals surface area contributed by atoms with Crippen LogP contribution in [0.4, 0.5) is 0 Å². The smallest absolute Gasteiger partial charge is 0.260 e. The predicted molar refractivity (Wildman–Crippen MR) is 115 cm³/mol. The largest absolute Gasteiger partial charge is 0.493 e. The molecular formula is C22H28N3O3S+. The summed E-state index contributed by atoms with van der Waals surface area (Å²) in [7, 11) is 5.41. The van der Waals surface area contributed by atoms with Crippen LogP contribution in [-0.4, -0.2) is 31.2 Å². The van der Waals surface area contributed by atoms with Gasteiger partial charge in [-0.25, -0.2) is 4.98 Å². The van der Waals surface area contributed by atoms with Gasteiger partial charge in [0.25, 0.3) is 5.56 Å². The second-order valence-electron chi connectivity index (χ2n) is 7.85. The van der Waals surface area contributed by atoms with Crippen molar-refractivity contribution in [2.45, 2.75) is 45.7 Å². The van der Waals surface area contributed by atoms with Crippen molar-refractivity contribution in [1.82, 2.24) is 9.97 Å². The number of nitrogens with zero attached hydrogens (tertiary/aromatic N) is 1. The molecule has 0 saturated carbocycles. The van der Waals surface area contributed by atoms with Gasteiger partial charge in [-0.2, -0.15) is 0 Å². The molecule has 0 aliphatic heterocycles. The fourth-order valence-corrected chi connectivity index (χ4v) is 5.46. The maximum Gasteiger partial charge on any atom is 0.260 e. The number of thiophene rings is 1. The van der Waals surface area contributed by atoms with Crippen LogP contribution in [0.25, 0.3) is 10.2 Å². The highest BCUT2D eigenvalue weighted by Gasteiger charge is 2.21. The van der Waals surface area contributed by atoms with Gasteiger partial charge in [0.1, 0.15) is 17.9 Å². The number of benzene rings is 1. The second kappa shape index (κ2) is 8.16. The Labute approximate surface area is 174 Å². The van der Waals surface area contributed by atoms with E-state index < -0.39 is 0 Å². The summed E-state index contributed by atoms with van der Waals surface area (Å²) in [6.45, 7) is 3.53. The number of quaternary nitrogens is 1. The lowest BCUT2D eigenvalue weighted by atomic mass is 9.97. The standard InChI is InChI=1S/C22H27N3O3S/c1-13-9-16(27-3)17(28-4)10-14(13)11-25(2)12-19-23-21(26)20-15-7-5-6-8-18(15)29-22(20)24-19/h9-10H,5-8,11-12H2,1-4H3,(H,23,24,26)/p+1. The van der Waals surface area contributed by atoms with Crippen LogP contribution in [0.2, 0.25) is 0 Å². The highest BCUT2D eigenvalue weighted by Crippen LogP contribution is 2.33. The fourth-order valence-electron chi connectivity index (χ4n) is 4.18. The molecule has 2 aromatic heterocycles. The number of hydrogen-bond donors (Lipinski definition) is 2. The van der Waals surface area contributed by atoms with Crippen LogP contribution in [0.1, 0.15) is 40.2 Å². The van der Waals surface area contributed by atoms with Crippen LogP contribution in [0.5, 0.6) is 11.5 Å². The van der Waals surface area contributed by atoms with E-state index in [4.69, 9.17) is 14.5 Å². The van der Waals surface area contributed by atoms with E-state index in [1.165, 1.54) is 27.3 Å². The molecular weight excluding hydrogens is 386 g/mol. The SMILES string of the molecule is COc1cc(C)c(C[NH+](C)Cc2nc3sc4c(c3c(=O)[nH]2)CCCC4)cc1OC. The monoisotopic (exact) mass is 414 g/mol. The van der Waals surface area contributed by atoms with Gasteiger partial charge < -0.3 is 19.4 Å². The third-order valence-electron chi connectivity index (χ3n) is 5.68. The van der Waals surface area contributed by atoms with E-state index in [1.54, 1.807) is 25.6 Å². The van der Waals surface area contributed by atoms with E-state index in [0.29, 0.717) is 6.54 Å². The molecule has 2 heterocycles. The molecule has 0 saturated heterocycles. The van der Waals surface area contributed by atoms with Crippen molar-refractivity contribution in [2.75, 3.05) is 21.3 Å². The van der Waals surface area contributed by atoms with E-state index >= 15 is 0 Å². The Balaban J connectivity index is 1.56. The number of fused-ring (bicyclic) bond motifs is 3. The number of rotatable bonds is 6. The minimum absolute atomic E-state index is 0.0134. The van der Waals surface area contributed by atoms with Crippen LogP contribution in [-0.2, 0) is 25.9 Å². The first-order valence-electron chi connectivity index (χ1n) is 10.1. The molecule has 7 heteroatoms. The Morgan fingerprint density at radius 1 is 1.14 bits per heavy atom. The van der Waals surface area contributed by atoms with Crippen molar-refractivity contribution in [3.8, 4) is 11.5 Å². The molecule has 29 heavy (non-hydrogen) atoms. The average molecular weight is 415 g/mol. The van der Waals surface area contributed by atoms with Crippen LogP contribution in [0, 0.1) is 6.92 Å². The average Bonchev–Trinajstić information content (AvgIpc) is 3.07. The Bertz CT molecular complexity index is 1100. The van der Waals surface area contributed by atoms with Gasteiger partial charge >= 0.3 is 0 Å². The Kier molecular flexibility index (Phi) is 5.61. The summed E-state index contributed by atoms with van der Waals surface area (Å²) < 4.78 is 10.8. The number of methoxy groups -OCH3 is 2. The molecule has 0 spiro atoms. The van der Waals surface area contributed by atoms with Crippen molar-refractivity contribution >= 4 is 21.6 Å². The highest BCUT2D eigenvalue weighted by atomic mass is 32.1. The summed E-state index contributed by atoms with van der Waals surface area (Å²) in [5.41, 5.74) is 3.60. The molecule has 0 radical (unpaired) electrons. The predicted octanol–water partition coefficient (Wildman–Crippen LogP) is 2.40. The van der Waals surface area contributed by atoms with Crippen LogP contribution in [0.15, 0.2) is 16.9 Å². The maximum atomic E-state index is 12.8. The van der Waals surface area contributed by atoms with Gasteiger partial charge in [0, 0.05) is 10.4 Å². The lowest BCUT2D eigenvalue weighted by Gasteiger charge is -2.17. The molecule has 1 aliphatic rings. The summed E-state index contributed by atoms with van der Waals surface area (Å²) in [6.07, 6.45) is 4.46. The summed E-state index contributed by atoms with van der Waals surface area (Å²) in [5, 5.41) is 0.821. The van der Waals surface area contributed by atoms with Gasteiger partial charge in [0.05, 0.1) is 26.7 Å². The molecule has 1 unspecified atom stereocenters. The minimum atomic E-state index is 0.0134. The molecule has 1 atom stereocenters. The van der Waals surface area contributed by atoms with E-state index in [1.807, 2.05) is 12.1 Å². The molecule has 0 amide bonds. The van der Waals surface area contributed by atoms with Crippen LogP contribution in [0.3, 0.4) is 0 Å². The van der Waals surface area contributed by atoms with Gasteiger partial charge in [0.15, 0.2) is 17.3 Å². The normalized spacial score (nSPS) is 14.6. The number of aryl methyl sites for hydroxylation is 3. The maximum absolute atomic E-state index is 12.8. The molecule has 0 fully saturated rings. The lowest BCUT2D eigenvalue weighted by Crippen LogP contribution is -3.06. The van der Waals surface area contributed by atoms with Gasteiger partial charge in [0.2, 0.25) is 0 Å².